The lowest BCUT2D eigenvalue weighted by Gasteiger charge is -2.13. The molecule has 0 saturated heterocycles. The number of carbonyl (C=O) groups excluding carboxylic acids is 2. The fraction of sp³-hybridized carbons (Fsp3) is 0.600. The van der Waals surface area contributed by atoms with Gasteiger partial charge in [0.15, 0.2) is 0 Å². The van der Waals surface area contributed by atoms with Crippen molar-refractivity contribution in [2.45, 2.75) is 31.7 Å². The number of carboxylic acid groups (broad SMARTS) is 2. The Morgan fingerprint density at radius 2 is 1.72 bits per heavy atom. The minimum Gasteiger partial charge on any atom is -0.481 e. The lowest BCUT2D eigenvalue weighted by atomic mass is 10.1. The molecular formula is C10H15NO7. The second-order valence-corrected chi connectivity index (χ2v) is 3.47. The molecule has 0 spiro atoms. The van der Waals surface area contributed by atoms with Gasteiger partial charge in [-0.2, -0.15) is 0 Å². The molecule has 3 N–H and O–H groups in total. The molecule has 0 aliphatic carbocycles. The number of hydrogen-bond donors (Lipinski definition) is 3. The van der Waals surface area contributed by atoms with Crippen LogP contribution in [0.2, 0.25) is 0 Å². The molecule has 8 nitrogen and oxygen atoms in total. The molecular weight excluding hydrogens is 246 g/mol. The number of rotatable bonds is 8. The SMILES string of the molecule is COC(=O)CCC(=O)NC(CCC(=O)O)C(=O)O. The number of esters is 1. The minimum absolute atomic E-state index is 0.159. The summed E-state index contributed by atoms with van der Waals surface area (Å²) in [5.41, 5.74) is 0. The molecule has 0 aliphatic rings. The van der Waals surface area contributed by atoms with E-state index in [0.29, 0.717) is 0 Å². The number of amides is 1. The van der Waals surface area contributed by atoms with E-state index in [9.17, 15) is 19.2 Å². The van der Waals surface area contributed by atoms with E-state index in [4.69, 9.17) is 10.2 Å². The molecule has 0 fully saturated rings. The highest BCUT2D eigenvalue weighted by Crippen LogP contribution is 2.00. The molecule has 18 heavy (non-hydrogen) atoms. The van der Waals surface area contributed by atoms with Crippen LogP contribution in [0.3, 0.4) is 0 Å². The number of ether oxygens (including phenoxy) is 1. The van der Waals surface area contributed by atoms with Gasteiger partial charge in [-0.3, -0.25) is 14.4 Å². The van der Waals surface area contributed by atoms with E-state index in [2.05, 4.69) is 10.1 Å². The van der Waals surface area contributed by atoms with E-state index in [-0.39, 0.29) is 25.7 Å². The summed E-state index contributed by atoms with van der Waals surface area (Å²) in [5, 5.41) is 19.3. The number of aliphatic carboxylic acids is 2. The van der Waals surface area contributed by atoms with E-state index < -0.39 is 29.9 Å². The standard InChI is InChI=1S/C10H15NO7/c1-18-9(15)5-3-7(12)11-6(10(16)17)2-4-8(13)14/h6H,2-5H2,1H3,(H,11,12)(H,13,14)(H,16,17). The zero-order valence-electron chi connectivity index (χ0n) is 9.84. The Balaban J connectivity index is 4.15. The van der Waals surface area contributed by atoms with Crippen molar-refractivity contribution in [3.05, 3.63) is 0 Å². The van der Waals surface area contributed by atoms with Crippen molar-refractivity contribution in [2.24, 2.45) is 0 Å². The van der Waals surface area contributed by atoms with Crippen LogP contribution in [0, 0.1) is 0 Å². The summed E-state index contributed by atoms with van der Waals surface area (Å²) in [5.74, 6) is -3.69. The summed E-state index contributed by atoms with van der Waals surface area (Å²) in [4.78, 5) is 43.1. The lowest BCUT2D eigenvalue weighted by molar-refractivity contribution is -0.143. The lowest BCUT2D eigenvalue weighted by Crippen LogP contribution is -2.41. The molecule has 0 heterocycles. The largest absolute Gasteiger partial charge is 0.481 e. The molecule has 1 amide bonds. The zero-order chi connectivity index (χ0) is 14.1. The van der Waals surface area contributed by atoms with Crippen molar-refractivity contribution in [2.75, 3.05) is 7.11 Å². The molecule has 0 saturated carbocycles. The molecule has 1 unspecified atom stereocenters. The van der Waals surface area contributed by atoms with Gasteiger partial charge in [0.25, 0.3) is 0 Å². The summed E-state index contributed by atoms with van der Waals surface area (Å²) in [6, 6.07) is -1.27. The average molecular weight is 261 g/mol. The maximum absolute atomic E-state index is 11.3. The van der Waals surface area contributed by atoms with Crippen LogP contribution in [0.4, 0.5) is 0 Å². The third kappa shape index (κ3) is 7.20. The minimum atomic E-state index is -1.32. The zero-order valence-corrected chi connectivity index (χ0v) is 9.84. The van der Waals surface area contributed by atoms with Crippen molar-refractivity contribution < 1.29 is 34.1 Å². The highest BCUT2D eigenvalue weighted by atomic mass is 16.5. The van der Waals surface area contributed by atoms with E-state index in [0.717, 1.165) is 0 Å². The average Bonchev–Trinajstić information content (AvgIpc) is 2.30. The summed E-state index contributed by atoms with van der Waals surface area (Å²) in [7, 11) is 1.17. The van der Waals surface area contributed by atoms with E-state index in [1.54, 1.807) is 0 Å². The number of hydrogen-bond acceptors (Lipinski definition) is 5. The maximum atomic E-state index is 11.3. The molecule has 0 radical (unpaired) electrons. The van der Waals surface area contributed by atoms with Gasteiger partial charge in [0.1, 0.15) is 6.04 Å². The fourth-order valence-corrected chi connectivity index (χ4v) is 1.11. The number of carbonyl (C=O) groups is 4. The molecule has 0 rings (SSSR count). The first-order valence-corrected chi connectivity index (χ1v) is 5.17. The topological polar surface area (TPSA) is 130 Å². The molecule has 0 aromatic carbocycles. The molecule has 0 bridgehead atoms. The fourth-order valence-electron chi connectivity index (χ4n) is 1.11. The first-order chi connectivity index (χ1) is 8.36. The molecule has 0 aromatic rings. The molecule has 8 heteroatoms. The second kappa shape index (κ2) is 8.04. The van der Waals surface area contributed by atoms with E-state index in [1.807, 2.05) is 0 Å². The monoisotopic (exact) mass is 261 g/mol. The van der Waals surface area contributed by atoms with Crippen molar-refractivity contribution in [3.8, 4) is 0 Å². The smallest absolute Gasteiger partial charge is 0.326 e. The second-order valence-electron chi connectivity index (χ2n) is 3.47. The number of methoxy groups -OCH3 is 1. The van der Waals surface area contributed by atoms with Crippen molar-refractivity contribution >= 4 is 23.8 Å². The van der Waals surface area contributed by atoms with Crippen LogP contribution in [0.15, 0.2) is 0 Å². The van der Waals surface area contributed by atoms with Crippen LogP contribution in [-0.4, -0.2) is 47.2 Å². The summed E-state index contributed by atoms with van der Waals surface area (Å²) in [6.45, 7) is 0. The third-order valence-electron chi connectivity index (χ3n) is 2.06. The van der Waals surface area contributed by atoms with Gasteiger partial charge in [-0.1, -0.05) is 0 Å². The number of carboxylic acids is 2. The predicted octanol–water partition coefficient (Wildman–Crippen LogP) is -0.626. The van der Waals surface area contributed by atoms with Gasteiger partial charge < -0.3 is 20.3 Å². The van der Waals surface area contributed by atoms with Crippen LogP contribution in [0.5, 0.6) is 0 Å². The van der Waals surface area contributed by atoms with Gasteiger partial charge in [-0.25, -0.2) is 4.79 Å². The van der Waals surface area contributed by atoms with Crippen LogP contribution in [0.1, 0.15) is 25.7 Å². The van der Waals surface area contributed by atoms with E-state index in [1.165, 1.54) is 7.11 Å². The Morgan fingerprint density at radius 1 is 1.11 bits per heavy atom. The Morgan fingerprint density at radius 3 is 2.17 bits per heavy atom. The van der Waals surface area contributed by atoms with Crippen molar-refractivity contribution in [1.82, 2.24) is 5.32 Å². The first-order valence-electron chi connectivity index (χ1n) is 5.17. The first kappa shape index (κ1) is 15.9. The van der Waals surface area contributed by atoms with E-state index >= 15 is 0 Å². The Labute approximate surface area is 103 Å². The van der Waals surface area contributed by atoms with Crippen LogP contribution >= 0.6 is 0 Å². The summed E-state index contributed by atoms with van der Waals surface area (Å²) in [6.07, 6.45) is -0.944. The molecule has 0 aliphatic heterocycles. The quantitative estimate of drug-likeness (QED) is 0.496. The van der Waals surface area contributed by atoms with Crippen LogP contribution in [0.25, 0.3) is 0 Å². The Bertz CT molecular complexity index is 339. The van der Waals surface area contributed by atoms with Gasteiger partial charge >= 0.3 is 17.9 Å². The summed E-state index contributed by atoms with van der Waals surface area (Å²) >= 11 is 0. The highest BCUT2D eigenvalue weighted by molar-refractivity contribution is 5.86. The molecule has 102 valence electrons. The van der Waals surface area contributed by atoms with Crippen molar-refractivity contribution in [3.63, 3.8) is 0 Å². The highest BCUT2D eigenvalue weighted by Gasteiger charge is 2.21. The number of nitrogens with one attached hydrogen (secondary N) is 1. The molecule has 1 atom stereocenters. The maximum Gasteiger partial charge on any atom is 0.326 e. The van der Waals surface area contributed by atoms with Gasteiger partial charge in [-0.15, -0.1) is 0 Å². The van der Waals surface area contributed by atoms with Crippen LogP contribution in [-0.2, 0) is 23.9 Å². The van der Waals surface area contributed by atoms with Gasteiger partial charge in [0.05, 0.1) is 13.5 Å². The van der Waals surface area contributed by atoms with Crippen molar-refractivity contribution in [1.29, 1.82) is 0 Å². The Kier molecular flexibility index (Phi) is 7.10. The van der Waals surface area contributed by atoms with Gasteiger partial charge in [0, 0.05) is 12.8 Å². The Hall–Kier alpha value is -2.12. The van der Waals surface area contributed by atoms with Crippen LogP contribution < -0.4 is 5.32 Å². The molecule has 0 aromatic heterocycles. The predicted molar refractivity (Wildman–Crippen MR) is 57.7 cm³/mol. The van der Waals surface area contributed by atoms with Gasteiger partial charge in [-0.05, 0) is 6.42 Å². The normalized spacial score (nSPS) is 11.4. The third-order valence-corrected chi connectivity index (χ3v) is 2.06. The summed E-state index contributed by atoms with van der Waals surface area (Å²) < 4.78 is 4.32. The van der Waals surface area contributed by atoms with Gasteiger partial charge in [0.2, 0.25) is 5.91 Å².